The molecule has 2 amide bonds. The number of benzene rings is 3. The monoisotopic (exact) mass is 416 g/mol. The Hall–Kier alpha value is -4.33. The fraction of sp³-hybridized carbons (Fsp3) is 0.0870. The molecule has 0 spiro atoms. The molecular formula is C23H20N4O4. The van der Waals surface area contributed by atoms with E-state index in [1.165, 1.54) is 29.3 Å². The number of nitro benzene ring substituents is 1. The van der Waals surface area contributed by atoms with E-state index in [0.29, 0.717) is 16.8 Å². The molecule has 0 radical (unpaired) electrons. The second-order valence-electron chi connectivity index (χ2n) is 6.69. The number of aryl methyl sites for hydroxylation is 1. The molecule has 0 unspecified atom stereocenters. The molecule has 31 heavy (non-hydrogen) atoms. The normalized spacial score (nSPS) is 10.6. The van der Waals surface area contributed by atoms with E-state index in [0.717, 1.165) is 5.56 Å². The third-order valence-electron chi connectivity index (χ3n) is 4.46. The lowest BCUT2D eigenvalue weighted by Gasteiger charge is -2.23. The van der Waals surface area contributed by atoms with Crippen molar-refractivity contribution in [1.82, 2.24) is 5.43 Å². The maximum atomic E-state index is 13.1. The van der Waals surface area contributed by atoms with Gasteiger partial charge >= 0.3 is 0 Å². The van der Waals surface area contributed by atoms with E-state index in [4.69, 9.17) is 0 Å². The Labute approximate surface area is 179 Å². The van der Waals surface area contributed by atoms with E-state index in [1.807, 2.05) is 25.1 Å². The third kappa shape index (κ3) is 5.60. The van der Waals surface area contributed by atoms with Crippen molar-refractivity contribution in [3.05, 3.63) is 106 Å². The van der Waals surface area contributed by atoms with E-state index >= 15 is 0 Å². The minimum Gasteiger partial charge on any atom is -0.299 e. The standard InChI is InChI=1S/C23H20N4O4/c1-17-8-5-6-13-21(17)26(23(29)19-10-3-2-4-11-19)16-22(28)25-24-15-18-9-7-12-20(14-18)27(30)31/h2-15H,16H2,1H3,(H,25,28). The van der Waals surface area contributed by atoms with Crippen LogP contribution in [0.4, 0.5) is 11.4 Å². The number of nitro groups is 1. The van der Waals surface area contributed by atoms with Gasteiger partial charge in [-0.15, -0.1) is 0 Å². The molecule has 0 saturated heterocycles. The Morgan fingerprint density at radius 3 is 2.45 bits per heavy atom. The van der Waals surface area contributed by atoms with Crippen molar-refractivity contribution < 1.29 is 14.5 Å². The predicted molar refractivity (Wildman–Crippen MR) is 118 cm³/mol. The van der Waals surface area contributed by atoms with Gasteiger partial charge in [0.15, 0.2) is 0 Å². The lowest BCUT2D eigenvalue weighted by molar-refractivity contribution is -0.384. The molecule has 0 aliphatic heterocycles. The lowest BCUT2D eigenvalue weighted by Crippen LogP contribution is -2.40. The van der Waals surface area contributed by atoms with Crippen LogP contribution in [0.3, 0.4) is 0 Å². The van der Waals surface area contributed by atoms with Crippen molar-refractivity contribution in [2.75, 3.05) is 11.4 Å². The summed E-state index contributed by atoms with van der Waals surface area (Å²) in [6.07, 6.45) is 1.31. The van der Waals surface area contributed by atoms with Crippen LogP contribution in [0.2, 0.25) is 0 Å². The Morgan fingerprint density at radius 2 is 1.74 bits per heavy atom. The molecule has 156 valence electrons. The number of hydrogen-bond acceptors (Lipinski definition) is 5. The zero-order chi connectivity index (χ0) is 22.2. The first-order valence-corrected chi connectivity index (χ1v) is 9.44. The number of hydrogen-bond donors (Lipinski definition) is 1. The Bertz CT molecular complexity index is 1130. The van der Waals surface area contributed by atoms with E-state index in [9.17, 15) is 19.7 Å². The number of amides is 2. The van der Waals surface area contributed by atoms with Crippen LogP contribution in [0.1, 0.15) is 21.5 Å². The summed E-state index contributed by atoms with van der Waals surface area (Å²) in [6, 6.07) is 21.8. The summed E-state index contributed by atoms with van der Waals surface area (Å²) < 4.78 is 0. The van der Waals surface area contributed by atoms with Crippen molar-refractivity contribution >= 4 is 29.4 Å². The molecule has 8 heteroatoms. The van der Waals surface area contributed by atoms with Gasteiger partial charge in [0.05, 0.1) is 11.1 Å². The molecule has 0 aliphatic carbocycles. The maximum absolute atomic E-state index is 13.1. The number of hydrazone groups is 1. The SMILES string of the molecule is Cc1ccccc1N(CC(=O)NN=Cc1cccc([N+](=O)[O-])c1)C(=O)c1ccccc1. The number of anilines is 1. The van der Waals surface area contributed by atoms with E-state index in [1.54, 1.807) is 42.5 Å². The summed E-state index contributed by atoms with van der Waals surface area (Å²) in [7, 11) is 0. The molecule has 8 nitrogen and oxygen atoms in total. The highest BCUT2D eigenvalue weighted by Crippen LogP contribution is 2.21. The summed E-state index contributed by atoms with van der Waals surface area (Å²) in [4.78, 5) is 37.3. The van der Waals surface area contributed by atoms with E-state index in [-0.39, 0.29) is 18.1 Å². The van der Waals surface area contributed by atoms with Crippen molar-refractivity contribution in [3.8, 4) is 0 Å². The molecule has 0 aromatic heterocycles. The van der Waals surface area contributed by atoms with Crippen molar-refractivity contribution in [2.45, 2.75) is 6.92 Å². The average Bonchev–Trinajstić information content (AvgIpc) is 2.78. The van der Waals surface area contributed by atoms with Gasteiger partial charge in [0.2, 0.25) is 0 Å². The van der Waals surface area contributed by atoms with Crippen LogP contribution in [0, 0.1) is 17.0 Å². The quantitative estimate of drug-likeness (QED) is 0.360. The number of non-ortho nitro benzene ring substituents is 1. The van der Waals surface area contributed by atoms with Gasteiger partial charge in [0, 0.05) is 28.9 Å². The van der Waals surface area contributed by atoms with Crippen LogP contribution in [0.15, 0.2) is 84.0 Å². The topological polar surface area (TPSA) is 105 Å². The van der Waals surface area contributed by atoms with Gasteiger partial charge in [0.1, 0.15) is 6.54 Å². The van der Waals surface area contributed by atoms with Gasteiger partial charge in [-0.05, 0) is 30.7 Å². The van der Waals surface area contributed by atoms with Crippen LogP contribution >= 0.6 is 0 Å². The smallest absolute Gasteiger partial charge is 0.270 e. The van der Waals surface area contributed by atoms with Crippen molar-refractivity contribution in [2.24, 2.45) is 5.10 Å². The van der Waals surface area contributed by atoms with Crippen LogP contribution in [0.5, 0.6) is 0 Å². The summed E-state index contributed by atoms with van der Waals surface area (Å²) in [6.45, 7) is 1.61. The van der Waals surface area contributed by atoms with Gasteiger partial charge in [-0.3, -0.25) is 24.6 Å². The van der Waals surface area contributed by atoms with Crippen LogP contribution in [-0.4, -0.2) is 29.5 Å². The van der Waals surface area contributed by atoms with Crippen LogP contribution in [0.25, 0.3) is 0 Å². The first-order valence-electron chi connectivity index (χ1n) is 9.44. The highest BCUT2D eigenvalue weighted by Gasteiger charge is 2.21. The molecule has 0 heterocycles. The number of carbonyl (C=O) groups excluding carboxylic acids is 2. The number of nitrogens with zero attached hydrogens (tertiary/aromatic N) is 3. The van der Waals surface area contributed by atoms with Gasteiger partial charge in [-0.2, -0.15) is 5.10 Å². The zero-order valence-electron chi connectivity index (χ0n) is 16.8. The number of carbonyl (C=O) groups is 2. The third-order valence-corrected chi connectivity index (χ3v) is 4.46. The number of nitrogens with one attached hydrogen (secondary N) is 1. The van der Waals surface area contributed by atoms with E-state index in [2.05, 4.69) is 10.5 Å². The fourth-order valence-corrected chi connectivity index (χ4v) is 2.95. The largest absolute Gasteiger partial charge is 0.299 e. The average molecular weight is 416 g/mol. The minimum absolute atomic E-state index is 0.0746. The molecular weight excluding hydrogens is 396 g/mol. The molecule has 0 aliphatic rings. The fourth-order valence-electron chi connectivity index (χ4n) is 2.95. The van der Waals surface area contributed by atoms with Crippen LogP contribution < -0.4 is 10.3 Å². The van der Waals surface area contributed by atoms with Crippen LogP contribution in [-0.2, 0) is 4.79 Å². The first kappa shape index (κ1) is 21.4. The first-order chi connectivity index (χ1) is 15.0. The maximum Gasteiger partial charge on any atom is 0.270 e. The Morgan fingerprint density at radius 1 is 1.03 bits per heavy atom. The van der Waals surface area contributed by atoms with Gasteiger partial charge in [0.25, 0.3) is 17.5 Å². The van der Waals surface area contributed by atoms with Crippen molar-refractivity contribution in [1.29, 1.82) is 0 Å². The summed E-state index contributed by atoms with van der Waals surface area (Å²) in [5, 5.41) is 14.7. The number of rotatable bonds is 7. The molecule has 3 aromatic carbocycles. The summed E-state index contributed by atoms with van der Waals surface area (Å²) in [5.41, 5.74) is 4.69. The highest BCUT2D eigenvalue weighted by atomic mass is 16.6. The Balaban J connectivity index is 1.76. The molecule has 3 rings (SSSR count). The lowest BCUT2D eigenvalue weighted by atomic mass is 10.1. The van der Waals surface area contributed by atoms with E-state index < -0.39 is 10.8 Å². The molecule has 0 fully saturated rings. The minimum atomic E-state index is -0.509. The molecule has 1 N–H and O–H groups in total. The highest BCUT2D eigenvalue weighted by molar-refractivity contribution is 6.09. The molecule has 0 saturated carbocycles. The summed E-state index contributed by atoms with van der Waals surface area (Å²) in [5.74, 6) is -0.818. The molecule has 0 atom stereocenters. The molecule has 0 bridgehead atoms. The van der Waals surface area contributed by atoms with Gasteiger partial charge < -0.3 is 0 Å². The van der Waals surface area contributed by atoms with Gasteiger partial charge in [-0.1, -0.05) is 48.5 Å². The van der Waals surface area contributed by atoms with Crippen molar-refractivity contribution in [3.63, 3.8) is 0 Å². The summed E-state index contributed by atoms with van der Waals surface area (Å²) >= 11 is 0. The van der Waals surface area contributed by atoms with Gasteiger partial charge in [-0.25, -0.2) is 5.43 Å². The number of para-hydroxylation sites is 1. The second kappa shape index (κ2) is 9.93. The Kier molecular flexibility index (Phi) is 6.85. The second-order valence-corrected chi connectivity index (χ2v) is 6.69. The predicted octanol–water partition coefficient (Wildman–Crippen LogP) is 3.70. The zero-order valence-corrected chi connectivity index (χ0v) is 16.8. The molecule has 3 aromatic rings.